The number of hydrogen-bond donors (Lipinski definition) is 4. The summed E-state index contributed by atoms with van der Waals surface area (Å²) in [5.74, 6) is 0.459. The van der Waals surface area contributed by atoms with Crippen LogP contribution in [0, 0.1) is 0 Å². The molecule has 1 fully saturated rings. The summed E-state index contributed by atoms with van der Waals surface area (Å²) in [6.07, 6.45) is 0.118. The lowest BCUT2D eigenvalue weighted by Gasteiger charge is -2.34. The first-order valence-corrected chi connectivity index (χ1v) is 13.3. The van der Waals surface area contributed by atoms with E-state index in [1.54, 1.807) is 6.07 Å². The Kier molecular flexibility index (Phi) is 7.42. The number of hydrogen-bond acceptors (Lipinski definition) is 7. The zero-order chi connectivity index (χ0) is 27.6. The van der Waals surface area contributed by atoms with E-state index in [1.807, 2.05) is 39.0 Å². The predicted octanol–water partition coefficient (Wildman–Crippen LogP) is 3.50. The summed E-state index contributed by atoms with van der Waals surface area (Å²) in [7, 11) is 2.15. The Balaban J connectivity index is 1.24. The molecule has 5 rings (SSSR count). The zero-order valence-corrected chi connectivity index (χ0v) is 22.9. The van der Waals surface area contributed by atoms with Crippen LogP contribution >= 0.6 is 0 Å². The summed E-state index contributed by atoms with van der Waals surface area (Å²) in [6.45, 7) is 10.4. The number of aromatic nitrogens is 4. The molecule has 2 aromatic heterocycles. The molecule has 0 atom stereocenters. The molecule has 0 bridgehead atoms. The van der Waals surface area contributed by atoms with E-state index >= 15 is 0 Å². The minimum Gasteiger partial charge on any atom is -0.444 e. The number of fused-ring (bicyclic) bond motifs is 2. The molecule has 4 aromatic rings. The Morgan fingerprint density at radius 1 is 1.00 bits per heavy atom. The highest BCUT2D eigenvalue weighted by Crippen LogP contribution is 2.29. The highest BCUT2D eigenvalue weighted by atomic mass is 16.6. The second-order valence-electron chi connectivity index (χ2n) is 10.9. The first kappa shape index (κ1) is 26.5. The number of amides is 2. The molecule has 11 heteroatoms. The van der Waals surface area contributed by atoms with Crippen molar-refractivity contribution in [2.24, 2.45) is 0 Å². The number of imidazole rings is 1. The summed E-state index contributed by atoms with van der Waals surface area (Å²) in [5.41, 5.74) is 4.47. The van der Waals surface area contributed by atoms with Crippen molar-refractivity contribution < 1.29 is 14.3 Å². The highest BCUT2D eigenvalue weighted by Gasteiger charge is 2.18. The lowest BCUT2D eigenvalue weighted by atomic mass is 10.1. The van der Waals surface area contributed by atoms with Crippen LogP contribution in [-0.2, 0) is 4.74 Å². The van der Waals surface area contributed by atoms with Crippen LogP contribution in [0.3, 0.4) is 0 Å². The van der Waals surface area contributed by atoms with Crippen LogP contribution in [0.5, 0.6) is 0 Å². The molecule has 1 saturated heterocycles. The van der Waals surface area contributed by atoms with Crippen LogP contribution in [0.4, 0.5) is 10.5 Å². The largest absolute Gasteiger partial charge is 0.444 e. The van der Waals surface area contributed by atoms with E-state index < -0.39 is 11.7 Å². The van der Waals surface area contributed by atoms with Gasteiger partial charge in [0.05, 0.1) is 16.6 Å². The number of H-pyrrole nitrogens is 2. The summed E-state index contributed by atoms with van der Waals surface area (Å²) in [4.78, 5) is 37.5. The molecule has 1 aliphatic heterocycles. The number of benzene rings is 2. The first-order chi connectivity index (χ1) is 18.7. The Bertz CT molecular complexity index is 1480. The topological polar surface area (TPSA) is 131 Å². The molecule has 0 unspecified atom stereocenters. The zero-order valence-electron chi connectivity index (χ0n) is 22.9. The van der Waals surface area contributed by atoms with Gasteiger partial charge in [-0.25, -0.2) is 9.78 Å². The van der Waals surface area contributed by atoms with Crippen molar-refractivity contribution in [3.63, 3.8) is 0 Å². The van der Waals surface area contributed by atoms with Gasteiger partial charge in [-0.1, -0.05) is 0 Å². The van der Waals surface area contributed by atoms with Gasteiger partial charge in [0.25, 0.3) is 5.91 Å². The van der Waals surface area contributed by atoms with Gasteiger partial charge in [-0.2, -0.15) is 5.10 Å². The van der Waals surface area contributed by atoms with E-state index in [0.717, 1.165) is 48.1 Å². The fourth-order valence-corrected chi connectivity index (χ4v) is 4.60. The number of alkyl carbamates (subject to hydrolysis) is 1. The van der Waals surface area contributed by atoms with Gasteiger partial charge in [0.1, 0.15) is 11.3 Å². The van der Waals surface area contributed by atoms with E-state index in [9.17, 15) is 9.59 Å². The summed E-state index contributed by atoms with van der Waals surface area (Å²) in [6, 6.07) is 11.7. The Hall–Kier alpha value is -4.12. The number of likely N-dealkylation sites (N-methyl/N-ethyl adjacent to an activating group) is 1. The van der Waals surface area contributed by atoms with Gasteiger partial charge in [-0.3, -0.25) is 9.89 Å². The van der Waals surface area contributed by atoms with Gasteiger partial charge in [0.2, 0.25) is 0 Å². The third-order valence-corrected chi connectivity index (χ3v) is 6.69. The molecule has 2 aromatic carbocycles. The number of nitrogens with zero attached hydrogens (tertiary/aromatic N) is 4. The van der Waals surface area contributed by atoms with E-state index in [4.69, 9.17) is 9.72 Å². The molecular formula is C28H36N8O3. The van der Waals surface area contributed by atoms with Gasteiger partial charge in [-0.15, -0.1) is 0 Å². The lowest BCUT2D eigenvalue weighted by molar-refractivity contribution is 0.0527. The number of rotatable bonds is 7. The molecule has 0 saturated carbocycles. The summed E-state index contributed by atoms with van der Waals surface area (Å²) < 4.78 is 5.21. The second kappa shape index (κ2) is 10.9. The third kappa shape index (κ3) is 6.31. The summed E-state index contributed by atoms with van der Waals surface area (Å²) >= 11 is 0. The number of aromatic amines is 2. The van der Waals surface area contributed by atoms with Crippen LogP contribution < -0.4 is 15.5 Å². The van der Waals surface area contributed by atoms with Crippen molar-refractivity contribution in [1.82, 2.24) is 35.7 Å². The summed E-state index contributed by atoms with van der Waals surface area (Å²) in [5, 5.41) is 13.9. The molecule has 3 heterocycles. The van der Waals surface area contributed by atoms with Gasteiger partial charge < -0.3 is 30.2 Å². The maximum Gasteiger partial charge on any atom is 0.407 e. The van der Waals surface area contributed by atoms with E-state index in [-0.39, 0.29) is 5.91 Å². The third-order valence-electron chi connectivity index (χ3n) is 6.69. The van der Waals surface area contributed by atoms with Crippen LogP contribution in [0.2, 0.25) is 0 Å². The van der Waals surface area contributed by atoms with Gasteiger partial charge in [0.15, 0.2) is 5.82 Å². The average molecular weight is 533 g/mol. The van der Waals surface area contributed by atoms with E-state index in [0.29, 0.717) is 36.6 Å². The first-order valence-electron chi connectivity index (χ1n) is 13.3. The van der Waals surface area contributed by atoms with E-state index in [2.05, 4.69) is 54.8 Å². The van der Waals surface area contributed by atoms with Gasteiger partial charge >= 0.3 is 6.09 Å². The average Bonchev–Trinajstić information content (AvgIpc) is 3.50. The SMILES string of the molecule is CN1CCN(c2ccc3nc(-c4n[nH]c5ccc(C(=O)NCCCNC(=O)OC(C)(C)C)cc45)[nH]c3c2)CC1. The number of carbonyl (C=O) groups is 2. The van der Waals surface area contributed by atoms with Crippen LogP contribution in [0.1, 0.15) is 37.6 Å². The molecule has 1 aliphatic rings. The maximum atomic E-state index is 12.8. The Labute approximate surface area is 227 Å². The fraction of sp³-hybridized carbons (Fsp3) is 0.429. The molecule has 206 valence electrons. The van der Waals surface area contributed by atoms with Crippen LogP contribution in [0.25, 0.3) is 33.5 Å². The van der Waals surface area contributed by atoms with Crippen molar-refractivity contribution in [2.75, 3.05) is 51.2 Å². The number of anilines is 1. The van der Waals surface area contributed by atoms with Crippen LogP contribution in [0.15, 0.2) is 36.4 Å². The molecule has 0 aliphatic carbocycles. The van der Waals surface area contributed by atoms with Gasteiger partial charge in [0, 0.05) is 55.9 Å². The molecule has 39 heavy (non-hydrogen) atoms. The molecule has 4 N–H and O–H groups in total. The lowest BCUT2D eigenvalue weighted by Crippen LogP contribution is -2.44. The molecule has 0 radical (unpaired) electrons. The number of ether oxygens (including phenoxy) is 1. The number of piperazine rings is 1. The quantitative estimate of drug-likeness (QED) is 0.268. The van der Waals surface area contributed by atoms with Crippen molar-refractivity contribution in [1.29, 1.82) is 0 Å². The van der Waals surface area contributed by atoms with E-state index in [1.165, 1.54) is 5.69 Å². The van der Waals surface area contributed by atoms with Crippen LogP contribution in [-0.4, -0.2) is 89.0 Å². The maximum absolute atomic E-state index is 12.8. The minimum absolute atomic E-state index is 0.192. The van der Waals surface area contributed by atoms with Crippen molar-refractivity contribution >= 4 is 39.6 Å². The minimum atomic E-state index is -0.543. The second-order valence-corrected chi connectivity index (χ2v) is 10.9. The van der Waals surface area contributed by atoms with Crippen molar-refractivity contribution in [2.45, 2.75) is 32.8 Å². The monoisotopic (exact) mass is 532 g/mol. The molecule has 11 nitrogen and oxygen atoms in total. The molecule has 2 amide bonds. The Morgan fingerprint density at radius 3 is 2.54 bits per heavy atom. The number of carbonyl (C=O) groups excluding carboxylic acids is 2. The smallest absolute Gasteiger partial charge is 0.407 e. The standard InChI is InChI=1S/C28H36N8O3/c1-28(2,3)39-27(38)30-11-5-10-29-26(37)18-6-8-21-20(16-18)24(34-33-21)25-31-22-9-7-19(17-23(22)32-25)36-14-12-35(4)13-15-36/h6-9,16-17H,5,10-15H2,1-4H3,(H,29,37)(H,30,38)(H,31,32)(H,33,34). The van der Waals surface area contributed by atoms with Gasteiger partial charge in [-0.05, 0) is 70.6 Å². The number of nitrogens with one attached hydrogen (secondary N) is 4. The predicted molar refractivity (Wildman–Crippen MR) is 152 cm³/mol. The molecular weight excluding hydrogens is 496 g/mol. The fourth-order valence-electron chi connectivity index (χ4n) is 4.60. The van der Waals surface area contributed by atoms with Crippen molar-refractivity contribution in [3.05, 3.63) is 42.0 Å². The molecule has 0 spiro atoms. The normalized spacial score (nSPS) is 14.6. The van der Waals surface area contributed by atoms with Crippen molar-refractivity contribution in [3.8, 4) is 11.5 Å². The highest BCUT2D eigenvalue weighted by molar-refractivity contribution is 6.01. The Morgan fingerprint density at radius 2 is 1.77 bits per heavy atom.